The standard InChI is InChI=1S/C14H20O6/c1-3-13(15)18-8-10(2)20-19-9-11-6-4-5-7-12(11)14(16)17/h3-5,10-12H,1,6-9H2,2H3,(H,16,17). The van der Waals surface area contributed by atoms with Gasteiger partial charge >= 0.3 is 11.9 Å². The van der Waals surface area contributed by atoms with Crippen molar-refractivity contribution in [3.05, 3.63) is 24.8 Å². The highest BCUT2D eigenvalue weighted by Crippen LogP contribution is 2.26. The van der Waals surface area contributed by atoms with E-state index in [9.17, 15) is 9.59 Å². The number of carboxylic acids is 1. The minimum Gasteiger partial charge on any atom is -0.481 e. The predicted molar refractivity (Wildman–Crippen MR) is 70.6 cm³/mol. The van der Waals surface area contributed by atoms with Crippen molar-refractivity contribution in [3.63, 3.8) is 0 Å². The molecule has 1 rings (SSSR count). The van der Waals surface area contributed by atoms with Crippen LogP contribution in [0.5, 0.6) is 0 Å². The highest BCUT2D eigenvalue weighted by Gasteiger charge is 2.29. The van der Waals surface area contributed by atoms with Crippen LogP contribution >= 0.6 is 0 Å². The quantitative estimate of drug-likeness (QED) is 0.240. The lowest BCUT2D eigenvalue weighted by molar-refractivity contribution is -0.332. The summed E-state index contributed by atoms with van der Waals surface area (Å²) in [5.74, 6) is -1.90. The molecule has 0 heterocycles. The van der Waals surface area contributed by atoms with Crippen LogP contribution in [0.4, 0.5) is 0 Å². The maximum Gasteiger partial charge on any atom is 0.330 e. The topological polar surface area (TPSA) is 82.1 Å². The number of hydrogen-bond acceptors (Lipinski definition) is 5. The monoisotopic (exact) mass is 284 g/mol. The molecule has 20 heavy (non-hydrogen) atoms. The summed E-state index contributed by atoms with van der Waals surface area (Å²) in [7, 11) is 0. The first-order chi connectivity index (χ1) is 9.54. The second kappa shape index (κ2) is 8.50. The molecular weight excluding hydrogens is 264 g/mol. The smallest absolute Gasteiger partial charge is 0.330 e. The Morgan fingerprint density at radius 3 is 2.80 bits per heavy atom. The summed E-state index contributed by atoms with van der Waals surface area (Å²) in [5.41, 5.74) is 0. The fraction of sp³-hybridized carbons (Fsp3) is 0.571. The van der Waals surface area contributed by atoms with E-state index in [2.05, 4.69) is 6.58 Å². The number of ether oxygens (including phenoxy) is 1. The van der Waals surface area contributed by atoms with E-state index in [4.69, 9.17) is 19.6 Å². The van der Waals surface area contributed by atoms with Crippen LogP contribution in [0.25, 0.3) is 0 Å². The fourth-order valence-electron chi connectivity index (χ4n) is 1.89. The molecule has 0 saturated carbocycles. The summed E-state index contributed by atoms with van der Waals surface area (Å²) in [6.45, 7) is 5.21. The first-order valence-electron chi connectivity index (χ1n) is 6.49. The molecule has 0 aromatic rings. The number of rotatable bonds is 8. The van der Waals surface area contributed by atoms with Gasteiger partial charge in [0, 0.05) is 12.0 Å². The Hall–Kier alpha value is -1.66. The van der Waals surface area contributed by atoms with Crippen LogP contribution in [0.15, 0.2) is 24.8 Å². The highest BCUT2D eigenvalue weighted by molar-refractivity contribution is 5.81. The number of carbonyl (C=O) groups excluding carboxylic acids is 1. The van der Waals surface area contributed by atoms with Crippen LogP contribution in [-0.4, -0.2) is 36.4 Å². The highest BCUT2D eigenvalue weighted by atomic mass is 17.2. The van der Waals surface area contributed by atoms with Crippen LogP contribution < -0.4 is 0 Å². The van der Waals surface area contributed by atoms with Crippen LogP contribution in [-0.2, 0) is 24.1 Å². The van der Waals surface area contributed by atoms with Gasteiger partial charge in [-0.2, -0.15) is 0 Å². The van der Waals surface area contributed by atoms with Gasteiger partial charge in [-0.05, 0) is 19.8 Å². The molecule has 0 aromatic carbocycles. The molecule has 3 unspecified atom stereocenters. The molecule has 3 atom stereocenters. The molecule has 1 N–H and O–H groups in total. The lowest BCUT2D eigenvalue weighted by atomic mass is 9.84. The second-order valence-corrected chi connectivity index (χ2v) is 4.67. The third kappa shape index (κ3) is 5.54. The van der Waals surface area contributed by atoms with E-state index in [1.807, 2.05) is 12.2 Å². The number of hydrogen-bond donors (Lipinski definition) is 1. The summed E-state index contributed by atoms with van der Waals surface area (Å²) in [6, 6.07) is 0. The van der Waals surface area contributed by atoms with Gasteiger partial charge in [0.15, 0.2) is 0 Å². The van der Waals surface area contributed by atoms with Gasteiger partial charge in [-0.3, -0.25) is 4.79 Å². The van der Waals surface area contributed by atoms with E-state index in [-0.39, 0.29) is 19.1 Å². The number of allylic oxidation sites excluding steroid dienone is 2. The Labute approximate surface area is 117 Å². The molecular formula is C14H20O6. The molecule has 0 amide bonds. The zero-order valence-corrected chi connectivity index (χ0v) is 11.5. The molecule has 112 valence electrons. The Morgan fingerprint density at radius 2 is 2.15 bits per heavy atom. The number of aliphatic carboxylic acids is 1. The largest absolute Gasteiger partial charge is 0.481 e. The lowest BCUT2D eigenvalue weighted by Crippen LogP contribution is -2.29. The SMILES string of the molecule is C=CC(=O)OCC(C)OOCC1CC=CCC1C(=O)O. The summed E-state index contributed by atoms with van der Waals surface area (Å²) < 4.78 is 4.79. The molecule has 0 spiro atoms. The van der Waals surface area contributed by atoms with E-state index >= 15 is 0 Å². The third-order valence-electron chi connectivity index (χ3n) is 3.02. The van der Waals surface area contributed by atoms with Crippen molar-refractivity contribution in [3.8, 4) is 0 Å². The van der Waals surface area contributed by atoms with Gasteiger partial charge in [0.05, 0.1) is 12.5 Å². The van der Waals surface area contributed by atoms with Crippen LogP contribution in [0.3, 0.4) is 0 Å². The van der Waals surface area contributed by atoms with Gasteiger partial charge in [0.1, 0.15) is 12.7 Å². The Kier molecular flexibility index (Phi) is 6.97. The molecule has 0 bridgehead atoms. The maximum absolute atomic E-state index is 11.1. The van der Waals surface area contributed by atoms with E-state index in [1.165, 1.54) is 0 Å². The van der Waals surface area contributed by atoms with Gasteiger partial charge < -0.3 is 9.84 Å². The molecule has 0 aromatic heterocycles. The van der Waals surface area contributed by atoms with E-state index in [0.29, 0.717) is 12.8 Å². The van der Waals surface area contributed by atoms with Crippen LogP contribution in [0.2, 0.25) is 0 Å². The molecule has 0 fully saturated rings. The third-order valence-corrected chi connectivity index (χ3v) is 3.02. The zero-order chi connectivity index (χ0) is 15.0. The van der Waals surface area contributed by atoms with Gasteiger partial charge in [-0.15, -0.1) is 0 Å². The molecule has 1 aliphatic rings. The van der Waals surface area contributed by atoms with Crippen molar-refractivity contribution in [2.75, 3.05) is 13.2 Å². The molecule has 0 saturated heterocycles. The molecule has 0 radical (unpaired) electrons. The van der Waals surface area contributed by atoms with Crippen molar-refractivity contribution >= 4 is 11.9 Å². The molecule has 0 aliphatic heterocycles. The van der Waals surface area contributed by atoms with Crippen LogP contribution in [0.1, 0.15) is 19.8 Å². The van der Waals surface area contributed by atoms with E-state index < -0.39 is 24.0 Å². The van der Waals surface area contributed by atoms with Crippen molar-refractivity contribution in [2.45, 2.75) is 25.9 Å². The zero-order valence-electron chi connectivity index (χ0n) is 11.5. The number of carbonyl (C=O) groups is 2. The minimum absolute atomic E-state index is 0.0534. The number of esters is 1. The van der Waals surface area contributed by atoms with E-state index in [1.54, 1.807) is 6.92 Å². The summed E-state index contributed by atoms with van der Waals surface area (Å²) in [6.07, 6.45) is 5.62. The Morgan fingerprint density at radius 1 is 1.45 bits per heavy atom. The second-order valence-electron chi connectivity index (χ2n) is 4.67. The summed E-state index contributed by atoms with van der Waals surface area (Å²) >= 11 is 0. The Balaban J connectivity index is 2.25. The first-order valence-corrected chi connectivity index (χ1v) is 6.49. The predicted octanol–water partition coefficient (Wildman–Crippen LogP) is 1.72. The normalized spacial score (nSPS) is 23.1. The minimum atomic E-state index is -0.823. The van der Waals surface area contributed by atoms with Gasteiger partial charge in [-0.1, -0.05) is 18.7 Å². The van der Waals surface area contributed by atoms with Gasteiger partial charge in [-0.25, -0.2) is 14.6 Å². The van der Waals surface area contributed by atoms with Gasteiger partial charge in [0.2, 0.25) is 0 Å². The van der Waals surface area contributed by atoms with Crippen molar-refractivity contribution in [1.82, 2.24) is 0 Å². The lowest BCUT2D eigenvalue weighted by Gasteiger charge is -2.24. The number of carboxylic acid groups (broad SMARTS) is 1. The molecule has 1 aliphatic carbocycles. The first kappa shape index (κ1) is 16.4. The van der Waals surface area contributed by atoms with Gasteiger partial charge in [0.25, 0.3) is 0 Å². The molecule has 6 nitrogen and oxygen atoms in total. The average molecular weight is 284 g/mol. The van der Waals surface area contributed by atoms with Crippen molar-refractivity contribution in [2.24, 2.45) is 11.8 Å². The molecule has 6 heteroatoms. The Bertz CT molecular complexity index is 376. The average Bonchev–Trinajstić information content (AvgIpc) is 2.45. The van der Waals surface area contributed by atoms with E-state index in [0.717, 1.165) is 6.08 Å². The van der Waals surface area contributed by atoms with Crippen molar-refractivity contribution < 1.29 is 29.2 Å². The van der Waals surface area contributed by atoms with Crippen LogP contribution in [0, 0.1) is 11.8 Å². The maximum atomic E-state index is 11.1. The summed E-state index contributed by atoms with van der Waals surface area (Å²) in [5, 5.41) is 9.09. The fourth-order valence-corrected chi connectivity index (χ4v) is 1.89. The summed E-state index contributed by atoms with van der Waals surface area (Å²) in [4.78, 5) is 32.0. The van der Waals surface area contributed by atoms with Crippen molar-refractivity contribution in [1.29, 1.82) is 0 Å².